The molecule has 0 rings (SSSR count). The van der Waals surface area contributed by atoms with Crippen LogP contribution in [-0.2, 0) is 0 Å². The molecule has 0 aliphatic carbocycles. The second-order valence-corrected chi connectivity index (χ2v) is 5.61. The SMILES string of the molecule is C=C(N(C(C)C)C(C)C)N(C(C)C)C(C)C. The molecule has 0 fully saturated rings. The van der Waals surface area contributed by atoms with E-state index in [-0.39, 0.29) is 0 Å². The molecule has 0 aromatic heterocycles. The molecule has 96 valence electrons. The Labute approximate surface area is 102 Å². The summed E-state index contributed by atoms with van der Waals surface area (Å²) in [5.41, 5.74) is 0. The van der Waals surface area contributed by atoms with Crippen LogP contribution in [0.5, 0.6) is 0 Å². The molecule has 0 atom stereocenters. The molecule has 0 saturated heterocycles. The van der Waals surface area contributed by atoms with E-state index in [1.165, 1.54) is 0 Å². The van der Waals surface area contributed by atoms with Gasteiger partial charge in [-0.1, -0.05) is 6.58 Å². The van der Waals surface area contributed by atoms with Gasteiger partial charge in [-0.25, -0.2) is 0 Å². The highest BCUT2D eigenvalue weighted by Gasteiger charge is 2.23. The number of hydrogen-bond donors (Lipinski definition) is 0. The molecule has 0 heterocycles. The molecule has 0 aromatic carbocycles. The Bertz CT molecular complexity index is 179. The quantitative estimate of drug-likeness (QED) is 0.681. The molecular weight excluding hydrogens is 196 g/mol. The Balaban J connectivity index is 4.96. The van der Waals surface area contributed by atoms with E-state index in [0.717, 1.165) is 5.82 Å². The van der Waals surface area contributed by atoms with E-state index < -0.39 is 0 Å². The number of hydrogen-bond acceptors (Lipinski definition) is 2. The Morgan fingerprint density at radius 1 is 0.625 bits per heavy atom. The minimum Gasteiger partial charge on any atom is -0.354 e. The molecule has 0 bridgehead atoms. The van der Waals surface area contributed by atoms with E-state index in [0.29, 0.717) is 24.2 Å². The van der Waals surface area contributed by atoms with Crippen molar-refractivity contribution in [3.05, 3.63) is 12.4 Å². The van der Waals surface area contributed by atoms with Gasteiger partial charge in [0, 0.05) is 24.2 Å². The van der Waals surface area contributed by atoms with Crippen LogP contribution in [0.15, 0.2) is 12.4 Å². The smallest absolute Gasteiger partial charge is 0.0974 e. The van der Waals surface area contributed by atoms with Crippen LogP contribution in [0.25, 0.3) is 0 Å². The number of nitrogens with zero attached hydrogens (tertiary/aromatic N) is 2. The maximum atomic E-state index is 4.29. The lowest BCUT2D eigenvalue weighted by Gasteiger charge is -2.44. The van der Waals surface area contributed by atoms with E-state index in [1.807, 2.05) is 0 Å². The summed E-state index contributed by atoms with van der Waals surface area (Å²) in [5.74, 6) is 1.15. The average Bonchev–Trinajstić information content (AvgIpc) is 1.99. The van der Waals surface area contributed by atoms with Gasteiger partial charge in [0.1, 0.15) is 0 Å². The standard InChI is InChI=1S/C14H30N2/c1-10(2)15(11(3)4)14(9)16(12(5)6)13(7)8/h10-13H,9H2,1-8H3. The van der Waals surface area contributed by atoms with Crippen LogP contribution in [0.4, 0.5) is 0 Å². The molecule has 16 heavy (non-hydrogen) atoms. The van der Waals surface area contributed by atoms with E-state index in [2.05, 4.69) is 71.8 Å². The molecule has 0 radical (unpaired) electrons. The van der Waals surface area contributed by atoms with Crippen molar-refractivity contribution in [3.63, 3.8) is 0 Å². The summed E-state index contributed by atoms with van der Waals surface area (Å²) in [6, 6.07) is 1.97. The second kappa shape index (κ2) is 6.17. The largest absolute Gasteiger partial charge is 0.354 e. The molecular formula is C14H30N2. The predicted octanol–water partition coefficient (Wildman–Crippen LogP) is 3.70. The van der Waals surface area contributed by atoms with Crippen LogP contribution in [0.3, 0.4) is 0 Å². The normalized spacial score (nSPS) is 11.8. The van der Waals surface area contributed by atoms with Crippen LogP contribution < -0.4 is 0 Å². The molecule has 0 N–H and O–H groups in total. The van der Waals surface area contributed by atoms with Gasteiger partial charge in [-0.05, 0) is 55.4 Å². The van der Waals surface area contributed by atoms with Crippen LogP contribution in [-0.4, -0.2) is 34.0 Å². The first-order chi connectivity index (χ1) is 7.20. The second-order valence-electron chi connectivity index (χ2n) is 5.61. The van der Waals surface area contributed by atoms with Crippen molar-refractivity contribution in [2.75, 3.05) is 0 Å². The fourth-order valence-corrected chi connectivity index (χ4v) is 2.52. The van der Waals surface area contributed by atoms with Gasteiger partial charge in [0.25, 0.3) is 0 Å². The van der Waals surface area contributed by atoms with Crippen LogP contribution >= 0.6 is 0 Å². The Hall–Kier alpha value is -0.660. The van der Waals surface area contributed by atoms with Gasteiger partial charge in [-0.2, -0.15) is 0 Å². The lowest BCUT2D eigenvalue weighted by Crippen LogP contribution is -2.47. The minimum atomic E-state index is 0.493. The van der Waals surface area contributed by atoms with Crippen LogP contribution in [0, 0.1) is 0 Å². The fraction of sp³-hybridized carbons (Fsp3) is 0.857. The fourth-order valence-electron chi connectivity index (χ4n) is 2.52. The predicted molar refractivity (Wildman–Crippen MR) is 73.4 cm³/mol. The average molecular weight is 226 g/mol. The van der Waals surface area contributed by atoms with Gasteiger partial charge in [0.15, 0.2) is 0 Å². The van der Waals surface area contributed by atoms with Crippen LogP contribution in [0.1, 0.15) is 55.4 Å². The van der Waals surface area contributed by atoms with Gasteiger partial charge in [-0.15, -0.1) is 0 Å². The van der Waals surface area contributed by atoms with E-state index in [9.17, 15) is 0 Å². The molecule has 0 spiro atoms. The summed E-state index contributed by atoms with van der Waals surface area (Å²) >= 11 is 0. The molecule has 0 amide bonds. The van der Waals surface area contributed by atoms with E-state index >= 15 is 0 Å². The lowest BCUT2D eigenvalue weighted by molar-refractivity contribution is 0.109. The highest BCUT2D eigenvalue weighted by Crippen LogP contribution is 2.21. The first-order valence-corrected chi connectivity index (χ1v) is 6.45. The van der Waals surface area contributed by atoms with Gasteiger partial charge < -0.3 is 9.80 Å². The Morgan fingerprint density at radius 3 is 0.938 bits per heavy atom. The van der Waals surface area contributed by atoms with Gasteiger partial charge in [0.2, 0.25) is 0 Å². The zero-order chi connectivity index (χ0) is 13.0. The van der Waals surface area contributed by atoms with Crippen molar-refractivity contribution >= 4 is 0 Å². The third-order valence-electron chi connectivity index (χ3n) is 2.82. The maximum Gasteiger partial charge on any atom is 0.0974 e. The third-order valence-corrected chi connectivity index (χ3v) is 2.82. The van der Waals surface area contributed by atoms with Crippen molar-refractivity contribution in [3.8, 4) is 0 Å². The minimum absolute atomic E-state index is 0.493. The van der Waals surface area contributed by atoms with Gasteiger partial charge >= 0.3 is 0 Å². The molecule has 0 aliphatic rings. The topological polar surface area (TPSA) is 6.48 Å². The van der Waals surface area contributed by atoms with E-state index in [4.69, 9.17) is 0 Å². The Morgan fingerprint density at radius 2 is 0.812 bits per heavy atom. The third kappa shape index (κ3) is 3.73. The molecule has 0 unspecified atom stereocenters. The molecule has 0 saturated carbocycles. The van der Waals surface area contributed by atoms with Gasteiger partial charge in [-0.3, -0.25) is 0 Å². The zero-order valence-corrected chi connectivity index (χ0v) is 12.4. The lowest BCUT2D eigenvalue weighted by atomic mass is 10.2. The van der Waals surface area contributed by atoms with Crippen molar-refractivity contribution < 1.29 is 0 Å². The molecule has 2 nitrogen and oxygen atoms in total. The molecule has 0 aromatic rings. The summed E-state index contributed by atoms with van der Waals surface area (Å²) in [6.45, 7) is 22.1. The monoisotopic (exact) mass is 226 g/mol. The summed E-state index contributed by atoms with van der Waals surface area (Å²) in [6.07, 6.45) is 0. The molecule has 0 aliphatic heterocycles. The van der Waals surface area contributed by atoms with Crippen molar-refractivity contribution in [2.24, 2.45) is 0 Å². The van der Waals surface area contributed by atoms with Crippen molar-refractivity contribution in [1.82, 2.24) is 9.80 Å². The first kappa shape index (κ1) is 15.3. The first-order valence-electron chi connectivity index (χ1n) is 6.45. The maximum absolute atomic E-state index is 4.29. The number of rotatable bonds is 6. The zero-order valence-electron chi connectivity index (χ0n) is 12.4. The van der Waals surface area contributed by atoms with Gasteiger partial charge in [0.05, 0.1) is 5.82 Å². The summed E-state index contributed by atoms with van der Waals surface area (Å²) in [7, 11) is 0. The summed E-state index contributed by atoms with van der Waals surface area (Å²) in [4.78, 5) is 4.78. The molecule has 2 heteroatoms. The Kier molecular flexibility index (Phi) is 5.91. The highest BCUT2D eigenvalue weighted by molar-refractivity contribution is 4.99. The van der Waals surface area contributed by atoms with E-state index in [1.54, 1.807) is 0 Å². The van der Waals surface area contributed by atoms with Crippen molar-refractivity contribution in [1.29, 1.82) is 0 Å². The highest BCUT2D eigenvalue weighted by atomic mass is 15.4. The summed E-state index contributed by atoms with van der Waals surface area (Å²) < 4.78 is 0. The van der Waals surface area contributed by atoms with Crippen molar-refractivity contribution in [2.45, 2.75) is 79.6 Å². The summed E-state index contributed by atoms with van der Waals surface area (Å²) in [5, 5.41) is 0. The van der Waals surface area contributed by atoms with Crippen LogP contribution in [0.2, 0.25) is 0 Å².